The second-order valence-corrected chi connectivity index (χ2v) is 10.6. The molecule has 3 nitrogen and oxygen atoms in total. The first-order chi connectivity index (χ1) is 15.4. The van der Waals surface area contributed by atoms with Gasteiger partial charge in [0.1, 0.15) is 0 Å². The van der Waals surface area contributed by atoms with E-state index < -0.39 is 60.7 Å². The molecule has 2 aromatic carbocycles. The fourth-order valence-corrected chi connectivity index (χ4v) is 4.82. The van der Waals surface area contributed by atoms with E-state index in [2.05, 4.69) is 0 Å². The van der Waals surface area contributed by atoms with Gasteiger partial charge in [0.15, 0.2) is 11.9 Å². The van der Waals surface area contributed by atoms with Gasteiger partial charge < -0.3 is 0 Å². The van der Waals surface area contributed by atoms with E-state index in [0.29, 0.717) is 29.3 Å². The zero-order valence-corrected chi connectivity index (χ0v) is 20.1. The van der Waals surface area contributed by atoms with Crippen molar-refractivity contribution in [1.29, 1.82) is 0 Å². The number of aryl methyl sites for hydroxylation is 2. The molecular formula is C24H24F6O3P+. The number of Topliss-reactive ketones (excluding diaryl/α,β-unsaturated/α-hetero) is 1. The molecule has 10 heteroatoms. The third-order valence-electron chi connectivity index (χ3n) is 5.34. The molecule has 0 saturated carbocycles. The van der Waals surface area contributed by atoms with Gasteiger partial charge in [-0.2, -0.15) is 26.3 Å². The van der Waals surface area contributed by atoms with Crippen LogP contribution < -0.4 is 0 Å². The third-order valence-corrected chi connectivity index (χ3v) is 6.64. The number of carbonyl (C=O) groups is 2. The highest BCUT2D eigenvalue weighted by molar-refractivity contribution is 7.64. The lowest BCUT2D eigenvalue weighted by molar-refractivity contribution is -0.143. The van der Waals surface area contributed by atoms with E-state index in [1.807, 2.05) is 20.8 Å². The minimum atomic E-state index is -5.20. The molecule has 0 aliphatic rings. The van der Waals surface area contributed by atoms with Crippen molar-refractivity contribution < 1.29 is 40.5 Å². The monoisotopic (exact) mass is 505 g/mol. The minimum Gasteiger partial charge on any atom is -0.294 e. The first-order valence-corrected chi connectivity index (χ1v) is 11.7. The number of carbonyl (C=O) groups excluding carboxylic acids is 2. The number of hydrogen-bond acceptors (Lipinski definition) is 3. The van der Waals surface area contributed by atoms with E-state index in [1.54, 1.807) is 26.0 Å². The Morgan fingerprint density at radius 3 is 1.65 bits per heavy atom. The summed E-state index contributed by atoms with van der Waals surface area (Å²) in [4.78, 5) is 25.3. The van der Waals surface area contributed by atoms with Crippen LogP contribution in [0.15, 0.2) is 30.3 Å². The lowest BCUT2D eigenvalue weighted by Crippen LogP contribution is -2.20. The van der Waals surface area contributed by atoms with E-state index in [0.717, 1.165) is 5.56 Å². The predicted molar refractivity (Wildman–Crippen MR) is 117 cm³/mol. The zero-order chi connectivity index (χ0) is 26.2. The highest BCUT2D eigenvalue weighted by Crippen LogP contribution is 2.41. The molecule has 0 radical (unpaired) electrons. The summed E-state index contributed by atoms with van der Waals surface area (Å²) in [7, 11) is -2.76. The molecule has 0 aliphatic carbocycles. The van der Waals surface area contributed by atoms with Crippen LogP contribution >= 0.6 is 7.80 Å². The van der Waals surface area contributed by atoms with Crippen LogP contribution in [0.5, 0.6) is 0 Å². The fourth-order valence-electron chi connectivity index (χ4n) is 3.61. The average molecular weight is 505 g/mol. The van der Waals surface area contributed by atoms with Crippen LogP contribution in [0.4, 0.5) is 26.3 Å². The van der Waals surface area contributed by atoms with Crippen LogP contribution in [0, 0.1) is 13.8 Å². The van der Waals surface area contributed by atoms with Crippen molar-refractivity contribution in [1.82, 2.24) is 0 Å². The average Bonchev–Trinajstić information content (AvgIpc) is 2.68. The molecule has 34 heavy (non-hydrogen) atoms. The van der Waals surface area contributed by atoms with Crippen LogP contribution in [0.25, 0.3) is 0 Å². The Kier molecular flexibility index (Phi) is 7.83. The van der Waals surface area contributed by atoms with E-state index in [9.17, 15) is 40.5 Å². The molecule has 184 valence electrons. The van der Waals surface area contributed by atoms with Gasteiger partial charge in [0.25, 0.3) is 0 Å². The van der Waals surface area contributed by atoms with Crippen molar-refractivity contribution >= 4 is 19.1 Å². The van der Waals surface area contributed by atoms with Crippen LogP contribution in [-0.2, 0) is 22.3 Å². The lowest BCUT2D eigenvalue weighted by atomic mass is 9.84. The molecule has 0 bridgehead atoms. The first-order valence-electron chi connectivity index (χ1n) is 10.3. The number of ketones is 1. The molecule has 0 aliphatic heterocycles. The van der Waals surface area contributed by atoms with Crippen molar-refractivity contribution in [3.8, 4) is 0 Å². The Hall–Kier alpha value is -2.54. The summed E-state index contributed by atoms with van der Waals surface area (Å²) < 4.78 is 92.4. The summed E-state index contributed by atoms with van der Waals surface area (Å²) in [6.45, 7) is 9.23. The quantitative estimate of drug-likeness (QED) is 0.228. The molecule has 0 amide bonds. The molecule has 0 fully saturated rings. The normalized spacial score (nSPS) is 13.1. The smallest absolute Gasteiger partial charge is 0.294 e. The van der Waals surface area contributed by atoms with Gasteiger partial charge in [-0.15, -0.1) is 0 Å². The van der Waals surface area contributed by atoms with Crippen molar-refractivity contribution in [3.63, 3.8) is 0 Å². The van der Waals surface area contributed by atoms with Crippen LogP contribution in [0.3, 0.4) is 0 Å². The van der Waals surface area contributed by atoms with Gasteiger partial charge in [-0.05, 0) is 48.1 Å². The van der Waals surface area contributed by atoms with Gasteiger partial charge in [-0.1, -0.05) is 43.5 Å². The van der Waals surface area contributed by atoms with Gasteiger partial charge in [0.05, 0.1) is 23.1 Å². The molecule has 0 saturated heterocycles. The first kappa shape index (κ1) is 27.7. The Morgan fingerprint density at radius 2 is 1.26 bits per heavy atom. The third kappa shape index (κ3) is 6.12. The summed E-state index contributed by atoms with van der Waals surface area (Å²) in [5.74, 6) is -1.48. The van der Waals surface area contributed by atoms with E-state index in [1.165, 1.54) is 0 Å². The number of hydrogen-bond donors (Lipinski definition) is 0. The van der Waals surface area contributed by atoms with Crippen molar-refractivity contribution in [2.45, 2.75) is 58.8 Å². The Labute approximate surface area is 194 Å². The Bertz CT molecular complexity index is 1090. The minimum absolute atomic E-state index is 0.174. The molecule has 2 aromatic rings. The summed E-state index contributed by atoms with van der Waals surface area (Å²) >= 11 is 0. The maximum Gasteiger partial charge on any atom is 0.420 e. The number of alkyl halides is 6. The van der Waals surface area contributed by atoms with Gasteiger partial charge >= 0.3 is 25.7 Å². The number of halogens is 6. The van der Waals surface area contributed by atoms with Gasteiger partial charge in [0, 0.05) is 5.56 Å². The largest absolute Gasteiger partial charge is 0.420 e. The lowest BCUT2D eigenvalue weighted by Gasteiger charge is -2.21. The number of benzene rings is 2. The van der Waals surface area contributed by atoms with Gasteiger partial charge in [0.2, 0.25) is 0 Å². The van der Waals surface area contributed by atoms with E-state index in [4.69, 9.17) is 0 Å². The Morgan fingerprint density at radius 1 is 0.824 bits per heavy atom. The fraction of sp³-hybridized carbons (Fsp3) is 0.417. The van der Waals surface area contributed by atoms with Crippen LogP contribution in [0.2, 0.25) is 0 Å². The number of rotatable bonds is 6. The molecule has 0 heterocycles. The van der Waals surface area contributed by atoms with Crippen molar-refractivity contribution in [3.05, 3.63) is 69.3 Å². The second-order valence-electron chi connectivity index (χ2n) is 9.04. The predicted octanol–water partition coefficient (Wildman–Crippen LogP) is 7.88. The standard InChI is InChI=1S/C24H24F6O3P/c1-13-11-15(22(3,4)5)12-14(2)19(13)21(32)34(33)10-9-18(31)20-16(23(25,26)27)7-6-8-17(20)24(28,29)30/h6-8,11-12H,9-10H2,1-5H3/q+1. The SMILES string of the molecule is Cc1cc(C(C)(C)C)cc(C)c1C(=O)[P+](=O)CCC(=O)c1c(C(F)(F)F)cccc1C(F)(F)F. The molecule has 0 aromatic heterocycles. The molecule has 2 rings (SSSR count). The van der Waals surface area contributed by atoms with Crippen molar-refractivity contribution in [2.24, 2.45) is 0 Å². The summed E-state index contributed by atoms with van der Waals surface area (Å²) in [5.41, 5.74) is -3.78. The maximum absolute atomic E-state index is 13.3. The molecule has 1 atom stereocenters. The molecular weight excluding hydrogens is 481 g/mol. The molecule has 0 N–H and O–H groups in total. The van der Waals surface area contributed by atoms with Crippen LogP contribution in [-0.4, -0.2) is 17.5 Å². The summed E-state index contributed by atoms with van der Waals surface area (Å²) in [5, 5.41) is 0. The second kappa shape index (κ2) is 9.61. The highest BCUT2D eigenvalue weighted by Gasteiger charge is 2.43. The molecule has 1 unspecified atom stereocenters. The maximum atomic E-state index is 13.3. The van der Waals surface area contributed by atoms with E-state index >= 15 is 0 Å². The summed E-state index contributed by atoms with van der Waals surface area (Å²) in [6, 6.07) is 4.88. The zero-order valence-electron chi connectivity index (χ0n) is 19.2. The summed E-state index contributed by atoms with van der Waals surface area (Å²) in [6.07, 6.45) is -12.0. The molecule has 0 spiro atoms. The van der Waals surface area contributed by atoms with Crippen LogP contribution in [0.1, 0.15) is 75.7 Å². The Balaban J connectivity index is 2.33. The van der Waals surface area contributed by atoms with Gasteiger partial charge in [-0.25, -0.2) is 4.79 Å². The highest BCUT2D eigenvalue weighted by atomic mass is 31.1. The topological polar surface area (TPSA) is 51.2 Å². The van der Waals surface area contributed by atoms with Crippen molar-refractivity contribution in [2.75, 3.05) is 6.16 Å². The van der Waals surface area contributed by atoms with E-state index in [-0.39, 0.29) is 11.0 Å². The van der Waals surface area contributed by atoms with Gasteiger partial charge in [-0.3, -0.25) is 4.79 Å².